The number of aromatic amines is 1. The van der Waals surface area contributed by atoms with Crippen molar-refractivity contribution in [3.8, 4) is 11.4 Å². The van der Waals surface area contributed by atoms with Crippen LogP contribution in [0, 0.1) is 12.7 Å². The predicted octanol–water partition coefficient (Wildman–Crippen LogP) is 2.55. The molecular weight excluding hydrogens is 323 g/mol. The Kier molecular flexibility index (Phi) is 3.57. The van der Waals surface area contributed by atoms with Gasteiger partial charge in [-0.1, -0.05) is 0 Å². The highest BCUT2D eigenvalue weighted by Crippen LogP contribution is 2.20. The number of rotatable bonds is 4. The summed E-state index contributed by atoms with van der Waals surface area (Å²) in [5, 5.41) is 12.2. The second-order valence-corrected chi connectivity index (χ2v) is 5.63. The number of fused-ring (bicyclic) bond motifs is 1. The van der Waals surface area contributed by atoms with Gasteiger partial charge in [-0.3, -0.25) is 4.79 Å². The van der Waals surface area contributed by atoms with Gasteiger partial charge in [-0.25, -0.2) is 9.37 Å². The first kappa shape index (κ1) is 15.1. The van der Waals surface area contributed by atoms with Crippen LogP contribution in [0.3, 0.4) is 0 Å². The number of aryl methyl sites for hydroxylation is 1. The number of hydrogen-bond donors (Lipinski definition) is 1. The highest BCUT2D eigenvalue weighted by atomic mass is 19.1. The van der Waals surface area contributed by atoms with Gasteiger partial charge in [0.15, 0.2) is 5.78 Å². The number of nitrogens with one attached hydrogen (secondary N) is 1. The Morgan fingerprint density at radius 2 is 2.00 bits per heavy atom. The maximum absolute atomic E-state index is 12.9. The average Bonchev–Trinajstić information content (AvgIpc) is 3.20. The number of hydrogen-bond acceptors (Lipinski definition) is 5. The first-order chi connectivity index (χ1) is 12.1. The zero-order valence-electron chi connectivity index (χ0n) is 13.3. The molecule has 0 fully saturated rings. The summed E-state index contributed by atoms with van der Waals surface area (Å²) in [6.07, 6.45) is 0. The van der Waals surface area contributed by atoms with Gasteiger partial charge in [0, 0.05) is 11.1 Å². The van der Waals surface area contributed by atoms with E-state index >= 15 is 0 Å². The molecule has 0 atom stereocenters. The molecule has 8 heteroatoms. The largest absolute Gasteiger partial charge is 0.342 e. The summed E-state index contributed by atoms with van der Waals surface area (Å²) >= 11 is 0. The number of ketones is 1. The lowest BCUT2D eigenvalue weighted by atomic mass is 10.1. The fraction of sp³-hybridized carbons (Fsp3) is 0.118. The van der Waals surface area contributed by atoms with Gasteiger partial charge in [0.2, 0.25) is 5.82 Å². The molecule has 0 saturated heterocycles. The van der Waals surface area contributed by atoms with Crippen LogP contribution in [0.15, 0.2) is 42.5 Å². The Labute approximate surface area is 141 Å². The minimum absolute atomic E-state index is 0.0654. The second kappa shape index (κ2) is 5.90. The molecule has 7 nitrogen and oxygen atoms in total. The van der Waals surface area contributed by atoms with E-state index in [0.717, 1.165) is 22.4 Å². The molecule has 25 heavy (non-hydrogen) atoms. The molecule has 2 aromatic carbocycles. The van der Waals surface area contributed by atoms with E-state index in [2.05, 4.69) is 25.4 Å². The first-order valence-electron chi connectivity index (χ1n) is 7.62. The smallest absolute Gasteiger partial charge is 0.205 e. The van der Waals surface area contributed by atoms with Crippen molar-refractivity contribution in [3.63, 3.8) is 0 Å². The average molecular weight is 336 g/mol. The summed E-state index contributed by atoms with van der Waals surface area (Å²) in [7, 11) is 0. The summed E-state index contributed by atoms with van der Waals surface area (Å²) in [6.45, 7) is 1.82. The number of nitrogens with zero attached hydrogens (tertiary/aromatic N) is 5. The molecule has 0 aliphatic heterocycles. The van der Waals surface area contributed by atoms with E-state index in [1.807, 2.05) is 25.1 Å². The lowest BCUT2D eigenvalue weighted by Gasteiger charge is -1.99. The molecular formula is C17H13FN6O. The van der Waals surface area contributed by atoms with Crippen molar-refractivity contribution in [3.05, 3.63) is 59.7 Å². The summed E-state index contributed by atoms with van der Waals surface area (Å²) in [5.41, 5.74) is 2.92. The van der Waals surface area contributed by atoms with Crippen molar-refractivity contribution in [2.45, 2.75) is 13.5 Å². The summed E-state index contributed by atoms with van der Waals surface area (Å²) in [6, 6.07) is 11.0. The molecule has 0 amide bonds. The van der Waals surface area contributed by atoms with Crippen LogP contribution in [0.1, 0.15) is 16.2 Å². The number of Topliss-reactive ketones (excluding diaryl/α,β-unsaturated/α-hetero) is 1. The van der Waals surface area contributed by atoms with Crippen molar-refractivity contribution in [2.75, 3.05) is 0 Å². The number of aromatic nitrogens is 6. The van der Waals surface area contributed by atoms with Crippen molar-refractivity contribution in [2.24, 2.45) is 0 Å². The van der Waals surface area contributed by atoms with Crippen LogP contribution in [-0.4, -0.2) is 36.0 Å². The van der Waals surface area contributed by atoms with Crippen LogP contribution in [0.5, 0.6) is 0 Å². The molecule has 2 aromatic heterocycles. The van der Waals surface area contributed by atoms with Crippen LogP contribution in [0.4, 0.5) is 4.39 Å². The van der Waals surface area contributed by atoms with Gasteiger partial charge in [0.25, 0.3) is 0 Å². The Morgan fingerprint density at radius 3 is 2.80 bits per heavy atom. The van der Waals surface area contributed by atoms with Gasteiger partial charge in [-0.2, -0.15) is 4.80 Å². The van der Waals surface area contributed by atoms with Crippen LogP contribution >= 0.6 is 0 Å². The van der Waals surface area contributed by atoms with Crippen molar-refractivity contribution >= 4 is 16.8 Å². The molecule has 2 heterocycles. The SMILES string of the molecule is Cc1nc2ccc(-c3nnn(CC(=O)c4ccc(F)cc4)n3)cc2[nH]1. The first-order valence-corrected chi connectivity index (χ1v) is 7.62. The summed E-state index contributed by atoms with van der Waals surface area (Å²) < 4.78 is 12.9. The lowest BCUT2D eigenvalue weighted by Crippen LogP contribution is -2.13. The third kappa shape index (κ3) is 3.01. The second-order valence-electron chi connectivity index (χ2n) is 5.63. The molecule has 0 bridgehead atoms. The normalized spacial score (nSPS) is 11.1. The molecule has 0 aliphatic rings. The van der Waals surface area contributed by atoms with E-state index in [1.54, 1.807) is 0 Å². The Balaban J connectivity index is 1.56. The van der Waals surface area contributed by atoms with Gasteiger partial charge < -0.3 is 4.98 Å². The van der Waals surface area contributed by atoms with Crippen molar-refractivity contribution in [1.82, 2.24) is 30.2 Å². The maximum Gasteiger partial charge on any atom is 0.205 e. The highest BCUT2D eigenvalue weighted by Gasteiger charge is 2.12. The zero-order valence-corrected chi connectivity index (χ0v) is 13.3. The monoisotopic (exact) mass is 336 g/mol. The summed E-state index contributed by atoms with van der Waals surface area (Å²) in [5.74, 6) is 0.639. The third-order valence-electron chi connectivity index (χ3n) is 3.76. The van der Waals surface area contributed by atoms with Crippen molar-refractivity contribution in [1.29, 1.82) is 0 Å². The van der Waals surface area contributed by atoms with E-state index in [4.69, 9.17) is 0 Å². The van der Waals surface area contributed by atoms with Crippen LogP contribution in [-0.2, 0) is 6.54 Å². The van der Waals surface area contributed by atoms with E-state index in [9.17, 15) is 9.18 Å². The standard InChI is InChI=1S/C17H13FN6O/c1-10-19-14-7-4-12(8-15(14)20-10)17-21-23-24(22-17)9-16(25)11-2-5-13(18)6-3-11/h2-8H,9H2,1H3,(H,19,20). The number of halogens is 1. The Hall–Kier alpha value is -3.42. The molecule has 4 aromatic rings. The molecule has 0 spiro atoms. The predicted molar refractivity (Wildman–Crippen MR) is 88.4 cm³/mol. The molecule has 124 valence electrons. The topological polar surface area (TPSA) is 89.3 Å². The number of benzene rings is 2. The number of carbonyl (C=O) groups excluding carboxylic acids is 1. The van der Waals surface area contributed by atoms with Crippen LogP contribution < -0.4 is 0 Å². The highest BCUT2D eigenvalue weighted by molar-refractivity contribution is 5.95. The zero-order chi connectivity index (χ0) is 17.4. The number of imidazole rings is 1. The minimum atomic E-state index is -0.387. The van der Waals surface area contributed by atoms with Gasteiger partial charge in [-0.15, -0.1) is 10.2 Å². The fourth-order valence-electron chi connectivity index (χ4n) is 2.56. The van der Waals surface area contributed by atoms with Gasteiger partial charge in [0.05, 0.1) is 11.0 Å². The van der Waals surface area contributed by atoms with Crippen LogP contribution in [0.25, 0.3) is 22.4 Å². The number of H-pyrrole nitrogens is 1. The quantitative estimate of drug-likeness (QED) is 0.579. The molecule has 0 unspecified atom stereocenters. The minimum Gasteiger partial charge on any atom is -0.342 e. The molecule has 1 N–H and O–H groups in total. The van der Waals surface area contributed by atoms with Gasteiger partial charge >= 0.3 is 0 Å². The molecule has 0 radical (unpaired) electrons. The van der Waals surface area contributed by atoms with E-state index < -0.39 is 0 Å². The van der Waals surface area contributed by atoms with Crippen molar-refractivity contribution < 1.29 is 9.18 Å². The Morgan fingerprint density at radius 1 is 1.20 bits per heavy atom. The molecule has 0 saturated carbocycles. The van der Waals surface area contributed by atoms with E-state index in [-0.39, 0.29) is 18.1 Å². The molecule has 0 aliphatic carbocycles. The van der Waals surface area contributed by atoms with Crippen LogP contribution in [0.2, 0.25) is 0 Å². The van der Waals surface area contributed by atoms with Gasteiger partial charge in [-0.05, 0) is 54.6 Å². The molecule has 4 rings (SSSR count). The lowest BCUT2D eigenvalue weighted by molar-refractivity contribution is 0.0961. The van der Waals surface area contributed by atoms with E-state index in [1.165, 1.54) is 29.1 Å². The summed E-state index contributed by atoms with van der Waals surface area (Å²) in [4.78, 5) is 20.9. The van der Waals surface area contributed by atoms with E-state index in [0.29, 0.717) is 11.4 Å². The third-order valence-corrected chi connectivity index (χ3v) is 3.76. The Bertz CT molecular complexity index is 1070. The fourth-order valence-corrected chi connectivity index (χ4v) is 2.56. The number of carbonyl (C=O) groups is 1. The maximum atomic E-state index is 12.9. The van der Waals surface area contributed by atoms with Gasteiger partial charge in [0.1, 0.15) is 18.2 Å². The number of tetrazole rings is 1.